The maximum atomic E-state index is 11.0. The molecule has 1 aromatic carbocycles. The number of anilines is 1. The van der Waals surface area contributed by atoms with Crippen LogP contribution in [0.15, 0.2) is 18.2 Å². The second kappa shape index (κ2) is 5.16. The van der Waals surface area contributed by atoms with E-state index in [4.69, 9.17) is 11.6 Å². The van der Waals surface area contributed by atoms with E-state index in [0.717, 1.165) is 6.42 Å². The quantitative estimate of drug-likeness (QED) is 0.600. The van der Waals surface area contributed by atoms with Crippen molar-refractivity contribution in [2.45, 2.75) is 26.3 Å². The van der Waals surface area contributed by atoms with Crippen LogP contribution in [0.5, 0.6) is 0 Å². The van der Waals surface area contributed by atoms with E-state index in [2.05, 4.69) is 0 Å². The van der Waals surface area contributed by atoms with Crippen LogP contribution >= 0.6 is 11.6 Å². The molecule has 0 aliphatic heterocycles. The van der Waals surface area contributed by atoms with Crippen molar-refractivity contribution in [1.29, 1.82) is 0 Å². The average molecular weight is 243 g/mol. The minimum absolute atomic E-state index is 0.0213. The Morgan fingerprint density at radius 2 is 2.19 bits per heavy atom. The van der Waals surface area contributed by atoms with Crippen molar-refractivity contribution < 1.29 is 4.92 Å². The SMILES string of the molecule is CCC(C)N(C)c1cccc(Cl)c1[N+](=O)[O-]. The monoisotopic (exact) mass is 242 g/mol. The highest BCUT2D eigenvalue weighted by molar-refractivity contribution is 6.33. The van der Waals surface area contributed by atoms with Crippen LogP contribution in [0.2, 0.25) is 5.02 Å². The fraction of sp³-hybridized carbons (Fsp3) is 0.455. The Hall–Kier alpha value is -1.29. The lowest BCUT2D eigenvalue weighted by molar-refractivity contribution is -0.384. The van der Waals surface area contributed by atoms with Gasteiger partial charge in [-0.05, 0) is 25.5 Å². The van der Waals surface area contributed by atoms with Crippen LogP contribution in [0.25, 0.3) is 0 Å². The number of para-hydroxylation sites is 1. The van der Waals surface area contributed by atoms with Crippen molar-refractivity contribution in [2.75, 3.05) is 11.9 Å². The van der Waals surface area contributed by atoms with Gasteiger partial charge in [-0.2, -0.15) is 0 Å². The van der Waals surface area contributed by atoms with Crippen LogP contribution in [0.3, 0.4) is 0 Å². The molecule has 4 nitrogen and oxygen atoms in total. The van der Waals surface area contributed by atoms with Crippen molar-refractivity contribution in [3.8, 4) is 0 Å². The predicted octanol–water partition coefficient (Wildman–Crippen LogP) is 3.48. The number of nitrogens with zero attached hydrogens (tertiary/aromatic N) is 2. The zero-order valence-electron chi connectivity index (χ0n) is 9.61. The summed E-state index contributed by atoms with van der Waals surface area (Å²) in [7, 11) is 1.84. The summed E-state index contributed by atoms with van der Waals surface area (Å²) in [5, 5.41) is 11.1. The Bertz CT molecular complexity index is 396. The number of rotatable bonds is 4. The molecular weight excluding hydrogens is 228 g/mol. The first-order valence-electron chi connectivity index (χ1n) is 5.14. The summed E-state index contributed by atoms with van der Waals surface area (Å²) >= 11 is 5.85. The maximum Gasteiger partial charge on any atom is 0.310 e. The molecule has 0 saturated carbocycles. The molecule has 0 saturated heterocycles. The standard InChI is InChI=1S/C11H15ClN2O2/c1-4-8(2)13(3)10-7-5-6-9(12)11(10)14(15)16/h5-8H,4H2,1-3H3. The van der Waals surface area contributed by atoms with Crippen LogP contribution in [0.1, 0.15) is 20.3 Å². The smallest absolute Gasteiger partial charge is 0.310 e. The molecule has 0 heterocycles. The fourth-order valence-corrected chi connectivity index (χ4v) is 1.72. The molecule has 0 N–H and O–H groups in total. The summed E-state index contributed by atoms with van der Waals surface area (Å²) in [5.74, 6) is 0. The molecule has 0 aliphatic rings. The molecule has 16 heavy (non-hydrogen) atoms. The predicted molar refractivity (Wildman–Crippen MR) is 66.3 cm³/mol. The molecule has 1 atom stereocenters. The molecule has 0 fully saturated rings. The lowest BCUT2D eigenvalue weighted by Gasteiger charge is -2.25. The zero-order chi connectivity index (χ0) is 12.3. The summed E-state index contributed by atoms with van der Waals surface area (Å²) < 4.78 is 0. The molecule has 0 spiro atoms. The minimum Gasteiger partial charge on any atom is -0.366 e. The minimum atomic E-state index is -0.434. The van der Waals surface area contributed by atoms with Crippen LogP contribution < -0.4 is 4.90 Å². The van der Waals surface area contributed by atoms with E-state index in [-0.39, 0.29) is 16.8 Å². The second-order valence-electron chi connectivity index (χ2n) is 3.73. The van der Waals surface area contributed by atoms with Gasteiger partial charge in [0.05, 0.1) is 4.92 Å². The molecule has 0 radical (unpaired) electrons. The molecule has 5 heteroatoms. The Labute approximate surface area is 100.0 Å². The number of nitro benzene ring substituents is 1. The molecule has 0 aliphatic carbocycles. The number of benzene rings is 1. The summed E-state index contributed by atoms with van der Waals surface area (Å²) in [6.07, 6.45) is 0.917. The third-order valence-electron chi connectivity index (χ3n) is 2.78. The van der Waals surface area contributed by atoms with E-state index in [0.29, 0.717) is 5.69 Å². The Morgan fingerprint density at radius 1 is 1.56 bits per heavy atom. The molecular formula is C11H15ClN2O2. The van der Waals surface area contributed by atoms with Gasteiger partial charge in [0.25, 0.3) is 0 Å². The van der Waals surface area contributed by atoms with Crippen LogP contribution in [0.4, 0.5) is 11.4 Å². The molecule has 1 unspecified atom stereocenters. The first kappa shape index (κ1) is 12.8. The van der Waals surface area contributed by atoms with E-state index in [1.54, 1.807) is 12.1 Å². The van der Waals surface area contributed by atoms with Crippen molar-refractivity contribution >= 4 is 23.0 Å². The van der Waals surface area contributed by atoms with Gasteiger partial charge in [-0.25, -0.2) is 0 Å². The van der Waals surface area contributed by atoms with Gasteiger partial charge in [-0.1, -0.05) is 24.6 Å². The normalized spacial score (nSPS) is 12.2. The van der Waals surface area contributed by atoms with E-state index in [1.807, 2.05) is 25.8 Å². The zero-order valence-corrected chi connectivity index (χ0v) is 10.4. The highest BCUT2D eigenvalue weighted by Gasteiger charge is 2.22. The average Bonchev–Trinajstić information content (AvgIpc) is 2.26. The molecule has 0 amide bonds. The molecule has 88 valence electrons. The van der Waals surface area contributed by atoms with Gasteiger partial charge in [0.2, 0.25) is 0 Å². The van der Waals surface area contributed by atoms with Crippen LogP contribution in [-0.2, 0) is 0 Å². The number of halogens is 1. The van der Waals surface area contributed by atoms with E-state index < -0.39 is 4.92 Å². The molecule has 0 aromatic heterocycles. The summed E-state index contributed by atoms with van der Waals surface area (Å²) in [5.41, 5.74) is 0.541. The summed E-state index contributed by atoms with van der Waals surface area (Å²) in [6, 6.07) is 5.21. The van der Waals surface area contributed by atoms with Crippen molar-refractivity contribution in [3.05, 3.63) is 33.3 Å². The van der Waals surface area contributed by atoms with Crippen molar-refractivity contribution in [3.63, 3.8) is 0 Å². The Morgan fingerprint density at radius 3 is 2.69 bits per heavy atom. The van der Waals surface area contributed by atoms with Gasteiger partial charge in [0, 0.05) is 13.1 Å². The summed E-state index contributed by atoms with van der Waals surface area (Å²) in [4.78, 5) is 12.4. The highest BCUT2D eigenvalue weighted by Crippen LogP contribution is 2.35. The Balaban J connectivity index is 3.22. The van der Waals surface area contributed by atoms with Crippen molar-refractivity contribution in [1.82, 2.24) is 0 Å². The number of hydrogen-bond acceptors (Lipinski definition) is 3. The first-order chi connectivity index (χ1) is 7.49. The fourth-order valence-electron chi connectivity index (χ4n) is 1.48. The largest absolute Gasteiger partial charge is 0.366 e. The van der Waals surface area contributed by atoms with Gasteiger partial charge in [-0.3, -0.25) is 10.1 Å². The van der Waals surface area contributed by atoms with Crippen LogP contribution in [0, 0.1) is 10.1 Å². The number of nitro groups is 1. The van der Waals surface area contributed by atoms with Crippen LogP contribution in [-0.4, -0.2) is 18.0 Å². The van der Waals surface area contributed by atoms with E-state index >= 15 is 0 Å². The van der Waals surface area contributed by atoms with Gasteiger partial charge >= 0.3 is 5.69 Å². The molecule has 1 aromatic rings. The Kier molecular flexibility index (Phi) is 4.12. The van der Waals surface area contributed by atoms with Gasteiger partial charge in [0.15, 0.2) is 0 Å². The second-order valence-corrected chi connectivity index (χ2v) is 4.14. The van der Waals surface area contributed by atoms with Gasteiger partial charge in [-0.15, -0.1) is 0 Å². The topological polar surface area (TPSA) is 46.4 Å². The lowest BCUT2D eigenvalue weighted by Crippen LogP contribution is -2.28. The van der Waals surface area contributed by atoms with Crippen molar-refractivity contribution in [2.24, 2.45) is 0 Å². The lowest BCUT2D eigenvalue weighted by atomic mass is 10.2. The van der Waals surface area contributed by atoms with E-state index in [1.165, 1.54) is 6.07 Å². The number of hydrogen-bond donors (Lipinski definition) is 0. The van der Waals surface area contributed by atoms with Gasteiger partial charge in [0.1, 0.15) is 10.7 Å². The molecule has 1 rings (SSSR count). The third kappa shape index (κ3) is 2.44. The maximum absolute atomic E-state index is 11.0. The van der Waals surface area contributed by atoms with Gasteiger partial charge < -0.3 is 4.90 Å². The highest BCUT2D eigenvalue weighted by atomic mass is 35.5. The summed E-state index contributed by atoms with van der Waals surface area (Å²) in [6.45, 7) is 4.06. The first-order valence-corrected chi connectivity index (χ1v) is 5.52. The molecule has 0 bridgehead atoms. The third-order valence-corrected chi connectivity index (χ3v) is 3.09. The van der Waals surface area contributed by atoms with E-state index in [9.17, 15) is 10.1 Å².